The summed E-state index contributed by atoms with van der Waals surface area (Å²) in [4.78, 5) is 4.34. The Bertz CT molecular complexity index is 534. The van der Waals surface area contributed by atoms with Crippen LogP contribution in [0.1, 0.15) is 32.3 Å². The highest BCUT2D eigenvalue weighted by molar-refractivity contribution is 14.0. The summed E-state index contributed by atoms with van der Waals surface area (Å²) in [6.45, 7) is 7.37. The van der Waals surface area contributed by atoms with E-state index >= 15 is 0 Å². The molecule has 0 aromatic heterocycles. The molecule has 1 aliphatic heterocycles. The third-order valence-electron chi connectivity index (χ3n) is 3.82. The number of hydrogen-bond acceptors (Lipinski definition) is 4. The van der Waals surface area contributed by atoms with E-state index in [0.29, 0.717) is 25.7 Å². The fourth-order valence-corrected chi connectivity index (χ4v) is 2.63. The van der Waals surface area contributed by atoms with Crippen LogP contribution in [-0.2, 0) is 11.2 Å². The van der Waals surface area contributed by atoms with Crippen molar-refractivity contribution >= 4 is 29.9 Å². The molecule has 1 unspecified atom stereocenters. The molecule has 1 aliphatic rings. The average Bonchev–Trinajstić information content (AvgIpc) is 3.09. The number of benzene rings is 1. The molecule has 1 atom stereocenters. The van der Waals surface area contributed by atoms with Gasteiger partial charge in [0.05, 0.1) is 25.9 Å². The number of hydrogen-bond donors (Lipinski definition) is 2. The predicted octanol–water partition coefficient (Wildman–Crippen LogP) is 2.73. The summed E-state index contributed by atoms with van der Waals surface area (Å²) in [5, 5.41) is 3.15. The molecule has 1 aromatic carbocycles. The lowest BCUT2D eigenvalue weighted by Gasteiger charge is -2.13. The summed E-state index contributed by atoms with van der Waals surface area (Å²) >= 11 is 0. The molecule has 6 nitrogen and oxygen atoms in total. The van der Waals surface area contributed by atoms with Gasteiger partial charge in [0.25, 0.3) is 0 Å². The van der Waals surface area contributed by atoms with Gasteiger partial charge < -0.3 is 25.3 Å². The SMILES string of the molecule is CCOc1ccc(CCNC(N)=NCC2CCCO2)cc1OCC.I. The molecule has 3 N–H and O–H groups in total. The van der Waals surface area contributed by atoms with Crippen LogP contribution >= 0.6 is 24.0 Å². The van der Waals surface area contributed by atoms with Gasteiger partial charge in [-0.2, -0.15) is 0 Å². The first kappa shape index (κ1) is 21.8. The Balaban J connectivity index is 0.00000312. The molecule has 7 heteroatoms. The fraction of sp³-hybridized carbons (Fsp3) is 0.611. The van der Waals surface area contributed by atoms with Gasteiger partial charge in [-0.3, -0.25) is 4.99 Å². The van der Waals surface area contributed by atoms with Crippen molar-refractivity contribution in [2.45, 2.75) is 39.2 Å². The standard InChI is InChI=1S/C18H29N3O3.HI/c1-3-22-16-8-7-14(12-17(16)23-4-2)9-10-20-18(19)21-13-15-6-5-11-24-15;/h7-8,12,15H,3-6,9-11,13H2,1-2H3,(H3,19,20,21);1H. The van der Waals surface area contributed by atoms with Gasteiger partial charge >= 0.3 is 0 Å². The third-order valence-corrected chi connectivity index (χ3v) is 3.82. The Morgan fingerprint density at radius 1 is 1.28 bits per heavy atom. The van der Waals surface area contributed by atoms with Gasteiger partial charge in [0.1, 0.15) is 0 Å². The summed E-state index contributed by atoms with van der Waals surface area (Å²) in [5.41, 5.74) is 7.06. The molecule has 1 aromatic rings. The van der Waals surface area contributed by atoms with E-state index in [1.165, 1.54) is 5.56 Å². The Hall–Kier alpha value is -1.22. The highest BCUT2D eigenvalue weighted by atomic mass is 127. The summed E-state index contributed by atoms with van der Waals surface area (Å²) in [6, 6.07) is 6.03. The van der Waals surface area contributed by atoms with Gasteiger partial charge in [-0.05, 0) is 50.8 Å². The smallest absolute Gasteiger partial charge is 0.188 e. The first-order valence-corrected chi connectivity index (χ1v) is 8.76. The second-order valence-corrected chi connectivity index (χ2v) is 5.68. The number of ether oxygens (including phenoxy) is 3. The van der Waals surface area contributed by atoms with E-state index < -0.39 is 0 Å². The minimum Gasteiger partial charge on any atom is -0.490 e. The monoisotopic (exact) mass is 463 g/mol. The van der Waals surface area contributed by atoms with E-state index in [1.807, 2.05) is 26.0 Å². The van der Waals surface area contributed by atoms with Crippen LogP contribution in [0.15, 0.2) is 23.2 Å². The van der Waals surface area contributed by atoms with Gasteiger partial charge in [-0.15, -0.1) is 24.0 Å². The van der Waals surface area contributed by atoms with Crippen LogP contribution in [0.4, 0.5) is 0 Å². The van der Waals surface area contributed by atoms with Crippen molar-refractivity contribution in [2.75, 3.05) is 32.9 Å². The third kappa shape index (κ3) is 7.68. The quantitative estimate of drug-likeness (QED) is 0.335. The Morgan fingerprint density at radius 2 is 2.04 bits per heavy atom. The number of nitrogens with two attached hydrogens (primary N) is 1. The molecule has 0 bridgehead atoms. The van der Waals surface area contributed by atoms with Crippen LogP contribution in [0, 0.1) is 0 Å². The van der Waals surface area contributed by atoms with Crippen molar-refractivity contribution in [3.63, 3.8) is 0 Å². The number of guanidine groups is 1. The molecule has 0 aliphatic carbocycles. The lowest BCUT2D eigenvalue weighted by atomic mass is 10.1. The minimum atomic E-state index is 0. The number of nitrogens with zero attached hydrogens (tertiary/aromatic N) is 1. The summed E-state index contributed by atoms with van der Waals surface area (Å²) in [6.07, 6.45) is 3.25. The molecule has 0 amide bonds. The first-order chi connectivity index (χ1) is 11.7. The van der Waals surface area contributed by atoms with E-state index in [4.69, 9.17) is 19.9 Å². The molecule has 25 heavy (non-hydrogen) atoms. The van der Waals surface area contributed by atoms with Gasteiger partial charge in [0.15, 0.2) is 17.5 Å². The number of aliphatic imine (C=N–C) groups is 1. The largest absolute Gasteiger partial charge is 0.490 e. The lowest BCUT2D eigenvalue weighted by molar-refractivity contribution is 0.118. The lowest BCUT2D eigenvalue weighted by Crippen LogP contribution is -2.34. The molecule has 0 radical (unpaired) electrons. The highest BCUT2D eigenvalue weighted by Gasteiger charge is 2.14. The van der Waals surface area contributed by atoms with Crippen molar-refractivity contribution in [2.24, 2.45) is 10.7 Å². The summed E-state index contributed by atoms with van der Waals surface area (Å²) in [5.74, 6) is 2.05. The van der Waals surface area contributed by atoms with E-state index in [9.17, 15) is 0 Å². The van der Waals surface area contributed by atoms with Crippen LogP contribution in [-0.4, -0.2) is 45.0 Å². The Labute approximate surface area is 167 Å². The van der Waals surface area contributed by atoms with E-state index in [1.54, 1.807) is 0 Å². The zero-order valence-electron chi connectivity index (χ0n) is 15.1. The normalized spacial score (nSPS) is 17.0. The van der Waals surface area contributed by atoms with E-state index in [-0.39, 0.29) is 30.1 Å². The summed E-state index contributed by atoms with van der Waals surface area (Å²) in [7, 11) is 0. The number of rotatable bonds is 9. The van der Waals surface area contributed by atoms with Crippen LogP contribution < -0.4 is 20.5 Å². The van der Waals surface area contributed by atoms with Crippen molar-refractivity contribution in [3.8, 4) is 11.5 Å². The van der Waals surface area contributed by atoms with E-state index in [0.717, 1.165) is 43.9 Å². The van der Waals surface area contributed by atoms with Crippen molar-refractivity contribution in [1.29, 1.82) is 0 Å². The zero-order valence-corrected chi connectivity index (χ0v) is 17.5. The van der Waals surface area contributed by atoms with Crippen molar-refractivity contribution in [3.05, 3.63) is 23.8 Å². The van der Waals surface area contributed by atoms with Crippen molar-refractivity contribution in [1.82, 2.24) is 5.32 Å². The molecule has 142 valence electrons. The minimum absolute atomic E-state index is 0. The second-order valence-electron chi connectivity index (χ2n) is 5.68. The zero-order chi connectivity index (χ0) is 17.2. The molecule has 1 fully saturated rings. The Kier molecular flexibility index (Phi) is 10.6. The second kappa shape index (κ2) is 12.2. The highest BCUT2D eigenvalue weighted by Crippen LogP contribution is 2.28. The molecule has 2 rings (SSSR count). The van der Waals surface area contributed by atoms with E-state index in [2.05, 4.69) is 16.4 Å². The van der Waals surface area contributed by atoms with Crippen molar-refractivity contribution < 1.29 is 14.2 Å². The van der Waals surface area contributed by atoms with Gasteiger partial charge in [-0.1, -0.05) is 6.07 Å². The maximum absolute atomic E-state index is 5.90. The first-order valence-electron chi connectivity index (χ1n) is 8.76. The fourth-order valence-electron chi connectivity index (χ4n) is 2.63. The molecular weight excluding hydrogens is 433 g/mol. The maximum atomic E-state index is 5.90. The maximum Gasteiger partial charge on any atom is 0.188 e. The van der Waals surface area contributed by atoms with Crippen LogP contribution in [0.25, 0.3) is 0 Å². The summed E-state index contributed by atoms with van der Waals surface area (Å²) < 4.78 is 16.7. The van der Waals surface area contributed by atoms with Gasteiger partial charge in [0, 0.05) is 13.2 Å². The van der Waals surface area contributed by atoms with Crippen LogP contribution in [0.2, 0.25) is 0 Å². The Morgan fingerprint density at radius 3 is 2.72 bits per heavy atom. The number of nitrogens with one attached hydrogen (secondary N) is 1. The predicted molar refractivity (Wildman–Crippen MR) is 111 cm³/mol. The molecule has 0 saturated carbocycles. The van der Waals surface area contributed by atoms with Gasteiger partial charge in [-0.25, -0.2) is 0 Å². The topological polar surface area (TPSA) is 78.1 Å². The molecular formula is C18H30IN3O3. The average molecular weight is 463 g/mol. The molecule has 1 heterocycles. The van der Waals surface area contributed by atoms with Crippen LogP contribution in [0.3, 0.4) is 0 Å². The van der Waals surface area contributed by atoms with Gasteiger partial charge in [0.2, 0.25) is 0 Å². The van der Waals surface area contributed by atoms with Crippen LogP contribution in [0.5, 0.6) is 11.5 Å². The molecule has 0 spiro atoms. The number of halogens is 1. The molecule has 1 saturated heterocycles.